The minimum absolute atomic E-state index is 0.145. The molecule has 0 saturated carbocycles. The summed E-state index contributed by atoms with van der Waals surface area (Å²) in [7, 11) is 0. The van der Waals surface area contributed by atoms with E-state index in [1.165, 1.54) is 0 Å². The number of aromatic hydroxyl groups is 1. The van der Waals surface area contributed by atoms with Gasteiger partial charge in [0.25, 0.3) is 0 Å². The van der Waals surface area contributed by atoms with E-state index < -0.39 is 5.67 Å². The third kappa shape index (κ3) is 5.33. The van der Waals surface area contributed by atoms with Gasteiger partial charge < -0.3 is 10.4 Å². The molecule has 2 aromatic rings. The molecule has 1 atom stereocenters. The second-order valence-electron chi connectivity index (χ2n) is 9.34. The Morgan fingerprint density at radius 3 is 2.71 bits per heavy atom. The monoisotopic (exact) mass is 430 g/mol. The number of hydrogen-bond donors (Lipinski definition) is 2. The van der Waals surface area contributed by atoms with Crippen molar-refractivity contribution < 1.29 is 13.9 Å². The first-order valence-corrected chi connectivity index (χ1v) is 11.1. The largest absolute Gasteiger partial charge is 0.508 e. The molecule has 1 aromatic carbocycles. The molecule has 0 amide bonds. The molecule has 1 aromatic heterocycles. The number of benzene rings is 1. The predicted octanol–water partition coefficient (Wildman–Crippen LogP) is 3.94. The summed E-state index contributed by atoms with van der Waals surface area (Å²) in [5, 5.41) is 13.4. The van der Waals surface area contributed by atoms with E-state index in [0.29, 0.717) is 25.6 Å². The van der Waals surface area contributed by atoms with Crippen molar-refractivity contribution in [1.29, 1.82) is 0 Å². The Balaban J connectivity index is 1.49. The number of nitrogens with one attached hydrogen (secondary N) is 1. The minimum Gasteiger partial charge on any atom is -0.508 e. The van der Waals surface area contributed by atoms with Gasteiger partial charge in [0.2, 0.25) is 0 Å². The van der Waals surface area contributed by atoms with Crippen LogP contribution in [0.4, 0.5) is 14.5 Å². The summed E-state index contributed by atoms with van der Waals surface area (Å²) < 4.78 is 26.8. The van der Waals surface area contributed by atoms with Gasteiger partial charge in [0, 0.05) is 32.7 Å². The zero-order valence-corrected chi connectivity index (χ0v) is 18.3. The van der Waals surface area contributed by atoms with Crippen molar-refractivity contribution in [2.45, 2.75) is 44.4 Å². The summed E-state index contributed by atoms with van der Waals surface area (Å²) >= 11 is 0. The first-order valence-electron chi connectivity index (χ1n) is 11.1. The molecule has 1 unspecified atom stereocenters. The van der Waals surface area contributed by atoms with Gasteiger partial charge in [-0.2, -0.15) is 0 Å². The summed E-state index contributed by atoms with van der Waals surface area (Å²) in [5.74, 6) is 0.255. The van der Waals surface area contributed by atoms with Crippen molar-refractivity contribution in [3.63, 3.8) is 0 Å². The van der Waals surface area contributed by atoms with E-state index in [4.69, 9.17) is 4.98 Å². The van der Waals surface area contributed by atoms with E-state index in [1.807, 2.05) is 24.4 Å². The van der Waals surface area contributed by atoms with Crippen LogP contribution in [0.15, 0.2) is 36.5 Å². The van der Waals surface area contributed by atoms with Crippen molar-refractivity contribution >= 4 is 5.69 Å². The lowest BCUT2D eigenvalue weighted by Gasteiger charge is -2.40. The fourth-order valence-electron chi connectivity index (χ4n) is 4.68. The zero-order chi connectivity index (χ0) is 22.0. The van der Waals surface area contributed by atoms with Crippen LogP contribution in [0.3, 0.4) is 0 Å². The van der Waals surface area contributed by atoms with Gasteiger partial charge in [-0.3, -0.25) is 19.2 Å². The summed E-state index contributed by atoms with van der Waals surface area (Å²) in [5.41, 5.74) is 2.68. The summed E-state index contributed by atoms with van der Waals surface area (Å²) in [4.78, 5) is 9.11. The zero-order valence-electron chi connectivity index (χ0n) is 18.3. The Hall–Kier alpha value is -2.25. The van der Waals surface area contributed by atoms with E-state index in [-0.39, 0.29) is 18.5 Å². The normalized spacial score (nSPS) is 20.3. The van der Waals surface area contributed by atoms with E-state index in [0.717, 1.165) is 48.6 Å². The first-order chi connectivity index (χ1) is 14.8. The van der Waals surface area contributed by atoms with Gasteiger partial charge in [0.1, 0.15) is 11.4 Å². The van der Waals surface area contributed by atoms with Crippen LogP contribution >= 0.6 is 0 Å². The highest BCUT2D eigenvalue weighted by Crippen LogP contribution is 2.37. The van der Waals surface area contributed by atoms with E-state index >= 15 is 0 Å². The van der Waals surface area contributed by atoms with Crippen LogP contribution in [0.2, 0.25) is 0 Å². The number of likely N-dealkylation sites (tertiary alicyclic amines) is 1. The number of aromatic nitrogens is 1. The van der Waals surface area contributed by atoms with Crippen molar-refractivity contribution in [2.75, 3.05) is 44.7 Å². The van der Waals surface area contributed by atoms with Crippen molar-refractivity contribution in [3.05, 3.63) is 53.3 Å². The quantitative estimate of drug-likeness (QED) is 0.665. The Morgan fingerprint density at radius 1 is 1.23 bits per heavy atom. The van der Waals surface area contributed by atoms with Gasteiger partial charge in [-0.1, -0.05) is 6.07 Å². The van der Waals surface area contributed by atoms with Gasteiger partial charge in [0.05, 0.1) is 36.3 Å². The predicted molar refractivity (Wildman–Crippen MR) is 119 cm³/mol. The van der Waals surface area contributed by atoms with E-state index in [1.54, 1.807) is 26.0 Å². The number of fused-ring (bicyclic) bond motifs is 1. The van der Waals surface area contributed by atoms with Crippen molar-refractivity contribution in [1.82, 2.24) is 14.8 Å². The molecule has 168 valence electrons. The fraction of sp³-hybridized carbons (Fsp3) is 0.542. The molecule has 0 aliphatic carbocycles. The van der Waals surface area contributed by atoms with Crippen LogP contribution in [-0.4, -0.2) is 71.0 Å². The highest BCUT2D eigenvalue weighted by molar-refractivity contribution is 5.46. The Kier molecular flexibility index (Phi) is 6.44. The van der Waals surface area contributed by atoms with Crippen molar-refractivity contribution in [3.8, 4) is 5.75 Å². The highest BCUT2D eigenvalue weighted by atomic mass is 19.1. The molecule has 1 saturated heterocycles. The fourth-order valence-corrected chi connectivity index (χ4v) is 4.68. The van der Waals surface area contributed by atoms with Crippen LogP contribution in [-0.2, 0) is 6.42 Å². The maximum Gasteiger partial charge on any atom is 0.118 e. The molecule has 0 spiro atoms. The molecule has 0 bridgehead atoms. The number of phenolic OH excluding ortho intramolecular Hbond substituents is 1. The lowest BCUT2D eigenvalue weighted by atomic mass is 9.89. The van der Waals surface area contributed by atoms with Gasteiger partial charge in [0.15, 0.2) is 0 Å². The maximum atomic E-state index is 14.5. The molecule has 5 nitrogen and oxygen atoms in total. The van der Waals surface area contributed by atoms with Gasteiger partial charge >= 0.3 is 0 Å². The topological polar surface area (TPSA) is 51.6 Å². The van der Waals surface area contributed by atoms with Gasteiger partial charge in [-0.25, -0.2) is 4.39 Å². The van der Waals surface area contributed by atoms with E-state index in [2.05, 4.69) is 15.1 Å². The first kappa shape index (κ1) is 22.0. The minimum atomic E-state index is -1.31. The van der Waals surface area contributed by atoms with Crippen molar-refractivity contribution in [2.24, 2.45) is 0 Å². The smallest absolute Gasteiger partial charge is 0.118 e. The summed E-state index contributed by atoms with van der Waals surface area (Å²) in [6.45, 7) is 6.62. The van der Waals surface area contributed by atoms with Crippen LogP contribution in [0.1, 0.15) is 43.1 Å². The van der Waals surface area contributed by atoms with Crippen LogP contribution in [0.5, 0.6) is 5.75 Å². The number of halogens is 2. The number of rotatable bonds is 8. The van der Waals surface area contributed by atoms with Crippen LogP contribution < -0.4 is 5.32 Å². The number of anilines is 1. The highest BCUT2D eigenvalue weighted by Gasteiger charge is 2.33. The van der Waals surface area contributed by atoms with Crippen LogP contribution in [0, 0.1) is 0 Å². The van der Waals surface area contributed by atoms with E-state index in [9.17, 15) is 13.9 Å². The molecule has 1 fully saturated rings. The average Bonchev–Trinajstić information content (AvgIpc) is 2.69. The second kappa shape index (κ2) is 9.09. The lowest BCUT2D eigenvalue weighted by molar-refractivity contribution is 0.0985. The molecule has 2 N–H and O–H groups in total. The SMILES string of the molecule is CC(C)(F)CN1CCc2cc(O)ccc2C1c1ccc(NC2CN(CCCF)C2)cn1. The molecule has 4 rings (SSSR count). The molecule has 0 radical (unpaired) electrons. The van der Waals surface area contributed by atoms with Gasteiger partial charge in [-0.05, 0) is 62.1 Å². The molecule has 31 heavy (non-hydrogen) atoms. The molecule has 3 heterocycles. The number of alkyl halides is 2. The standard InChI is InChI=1S/C24H32F2N4O/c1-24(2,26)16-30-11-8-17-12-20(31)5-6-21(17)23(30)22-7-4-18(13-27-22)28-19-14-29(15-19)10-3-9-25/h4-7,12-13,19,23,28,31H,3,8-11,14-16H2,1-2H3. The molecule has 7 heteroatoms. The number of nitrogens with zero attached hydrogens (tertiary/aromatic N) is 3. The molecular weight excluding hydrogens is 398 g/mol. The number of hydrogen-bond acceptors (Lipinski definition) is 5. The molecular formula is C24H32F2N4O. The summed E-state index contributed by atoms with van der Waals surface area (Å²) in [6, 6.07) is 9.68. The summed E-state index contributed by atoms with van der Waals surface area (Å²) in [6.07, 6.45) is 3.21. The number of phenols is 1. The van der Waals surface area contributed by atoms with Gasteiger partial charge in [-0.15, -0.1) is 0 Å². The second-order valence-corrected chi connectivity index (χ2v) is 9.34. The molecule has 2 aliphatic heterocycles. The third-order valence-corrected chi connectivity index (χ3v) is 6.04. The maximum absolute atomic E-state index is 14.5. The van der Waals surface area contributed by atoms with Crippen LogP contribution in [0.25, 0.3) is 0 Å². The third-order valence-electron chi connectivity index (χ3n) is 6.04. The Bertz CT molecular complexity index is 878. The lowest BCUT2D eigenvalue weighted by Crippen LogP contribution is -2.54. The molecule has 2 aliphatic rings. The Labute approximate surface area is 183 Å². The Morgan fingerprint density at radius 2 is 2.03 bits per heavy atom. The number of pyridine rings is 1. The average molecular weight is 431 g/mol.